The van der Waals surface area contributed by atoms with Crippen molar-refractivity contribution in [2.45, 2.75) is 39.5 Å². The Hall–Kier alpha value is -1.40. The van der Waals surface area contributed by atoms with Crippen molar-refractivity contribution < 1.29 is 4.79 Å². The van der Waals surface area contributed by atoms with Crippen LogP contribution in [0, 0.1) is 6.92 Å². The monoisotopic (exact) mass is 340 g/mol. The number of nitrogens with one attached hydrogen (secondary N) is 1. The zero-order valence-corrected chi connectivity index (χ0v) is 15.1. The van der Waals surface area contributed by atoms with Gasteiger partial charge in [0.2, 0.25) is 0 Å². The van der Waals surface area contributed by atoms with Gasteiger partial charge in [0.25, 0.3) is 5.91 Å². The van der Waals surface area contributed by atoms with Crippen molar-refractivity contribution in [2.75, 3.05) is 6.54 Å². The SMILES string of the molecule is Cc1nn(C)c(Cl)c1C(=O)NCCc1nc(C(C)(C)C)cs1. The summed E-state index contributed by atoms with van der Waals surface area (Å²) in [5.74, 6) is -0.191. The maximum absolute atomic E-state index is 12.2. The summed E-state index contributed by atoms with van der Waals surface area (Å²) in [7, 11) is 1.72. The number of hydrogen-bond acceptors (Lipinski definition) is 4. The minimum absolute atomic E-state index is 0.0539. The summed E-state index contributed by atoms with van der Waals surface area (Å²) >= 11 is 7.72. The Labute approximate surface area is 139 Å². The third-order valence-electron chi connectivity index (χ3n) is 3.32. The van der Waals surface area contributed by atoms with E-state index in [1.54, 1.807) is 25.3 Å². The highest BCUT2D eigenvalue weighted by molar-refractivity contribution is 7.09. The van der Waals surface area contributed by atoms with Crippen LogP contribution in [0.1, 0.15) is 47.5 Å². The maximum Gasteiger partial charge on any atom is 0.256 e. The molecular formula is C15H21ClN4OS. The van der Waals surface area contributed by atoms with Gasteiger partial charge in [-0.2, -0.15) is 5.10 Å². The van der Waals surface area contributed by atoms with E-state index in [0.717, 1.165) is 10.7 Å². The van der Waals surface area contributed by atoms with Crippen molar-refractivity contribution in [1.29, 1.82) is 0 Å². The Morgan fingerprint density at radius 3 is 2.64 bits per heavy atom. The highest BCUT2D eigenvalue weighted by Crippen LogP contribution is 2.24. The molecule has 2 aromatic heterocycles. The number of carbonyl (C=O) groups excluding carboxylic acids is 1. The average molecular weight is 341 g/mol. The molecular weight excluding hydrogens is 320 g/mol. The number of aryl methyl sites for hydroxylation is 2. The predicted molar refractivity (Wildman–Crippen MR) is 89.8 cm³/mol. The molecule has 0 radical (unpaired) electrons. The van der Waals surface area contributed by atoms with Crippen LogP contribution in [0.5, 0.6) is 0 Å². The molecule has 2 rings (SSSR count). The third kappa shape index (κ3) is 3.67. The van der Waals surface area contributed by atoms with Crippen molar-refractivity contribution in [2.24, 2.45) is 7.05 Å². The molecule has 0 atom stereocenters. The van der Waals surface area contributed by atoms with E-state index in [9.17, 15) is 4.79 Å². The predicted octanol–water partition coefficient (Wildman–Crippen LogP) is 3.11. The number of carbonyl (C=O) groups is 1. The van der Waals surface area contributed by atoms with Gasteiger partial charge in [0, 0.05) is 30.8 Å². The van der Waals surface area contributed by atoms with Gasteiger partial charge in [-0.25, -0.2) is 4.98 Å². The molecule has 1 N–H and O–H groups in total. The van der Waals surface area contributed by atoms with Gasteiger partial charge in [0.1, 0.15) is 5.15 Å². The van der Waals surface area contributed by atoms with Gasteiger partial charge in [-0.15, -0.1) is 11.3 Å². The molecule has 0 saturated carbocycles. The van der Waals surface area contributed by atoms with E-state index in [1.165, 1.54) is 4.68 Å². The summed E-state index contributed by atoms with van der Waals surface area (Å²) in [4.78, 5) is 16.8. The summed E-state index contributed by atoms with van der Waals surface area (Å²) in [6, 6.07) is 0. The van der Waals surface area contributed by atoms with Crippen molar-refractivity contribution >= 4 is 28.8 Å². The molecule has 0 saturated heterocycles. The molecule has 2 heterocycles. The minimum atomic E-state index is -0.191. The first kappa shape index (κ1) is 17.0. The van der Waals surface area contributed by atoms with Gasteiger partial charge in [-0.3, -0.25) is 9.48 Å². The number of hydrogen-bond donors (Lipinski definition) is 1. The summed E-state index contributed by atoms with van der Waals surface area (Å²) in [5.41, 5.74) is 2.22. The Balaban J connectivity index is 1.94. The quantitative estimate of drug-likeness (QED) is 0.930. The first-order chi connectivity index (χ1) is 10.2. The first-order valence-corrected chi connectivity index (χ1v) is 8.38. The fourth-order valence-corrected chi connectivity index (χ4v) is 3.31. The molecule has 0 fully saturated rings. The van der Waals surface area contributed by atoms with Gasteiger partial charge < -0.3 is 5.32 Å². The largest absolute Gasteiger partial charge is 0.351 e. The van der Waals surface area contributed by atoms with Crippen LogP contribution in [0.25, 0.3) is 0 Å². The van der Waals surface area contributed by atoms with Crippen molar-refractivity contribution in [3.63, 3.8) is 0 Å². The second kappa shape index (κ2) is 6.38. The maximum atomic E-state index is 12.2. The first-order valence-electron chi connectivity index (χ1n) is 7.12. The van der Waals surface area contributed by atoms with Crippen LogP contribution in [-0.4, -0.2) is 27.2 Å². The fourth-order valence-electron chi connectivity index (χ4n) is 2.03. The molecule has 2 aromatic rings. The highest BCUT2D eigenvalue weighted by Gasteiger charge is 2.19. The Morgan fingerprint density at radius 2 is 2.14 bits per heavy atom. The molecule has 22 heavy (non-hydrogen) atoms. The summed E-state index contributed by atoms with van der Waals surface area (Å²) < 4.78 is 1.50. The van der Waals surface area contributed by atoms with Crippen molar-refractivity contribution in [1.82, 2.24) is 20.1 Å². The average Bonchev–Trinajstić information content (AvgIpc) is 2.95. The van der Waals surface area contributed by atoms with Crippen molar-refractivity contribution in [3.8, 4) is 0 Å². The molecule has 0 aliphatic carbocycles. The smallest absolute Gasteiger partial charge is 0.256 e. The van der Waals surface area contributed by atoms with Gasteiger partial charge in [0.15, 0.2) is 0 Å². The molecule has 0 bridgehead atoms. The zero-order chi connectivity index (χ0) is 16.5. The van der Waals surface area contributed by atoms with Crippen LogP contribution < -0.4 is 5.32 Å². The molecule has 0 aliphatic rings. The lowest BCUT2D eigenvalue weighted by atomic mass is 9.93. The lowest BCUT2D eigenvalue weighted by Gasteiger charge is -2.14. The van der Waals surface area contributed by atoms with Crippen LogP contribution in [0.3, 0.4) is 0 Å². The van der Waals surface area contributed by atoms with E-state index in [1.807, 2.05) is 0 Å². The lowest BCUT2D eigenvalue weighted by Crippen LogP contribution is -2.26. The van der Waals surface area contributed by atoms with E-state index < -0.39 is 0 Å². The molecule has 0 spiro atoms. The number of amides is 1. The molecule has 0 unspecified atom stereocenters. The van der Waals surface area contributed by atoms with Gasteiger partial charge in [-0.1, -0.05) is 32.4 Å². The number of nitrogens with zero attached hydrogens (tertiary/aromatic N) is 3. The Morgan fingerprint density at radius 1 is 1.45 bits per heavy atom. The van der Waals surface area contributed by atoms with E-state index in [2.05, 4.69) is 41.6 Å². The molecule has 1 amide bonds. The summed E-state index contributed by atoms with van der Waals surface area (Å²) in [5, 5.41) is 10.5. The van der Waals surface area contributed by atoms with E-state index in [0.29, 0.717) is 29.4 Å². The molecule has 120 valence electrons. The van der Waals surface area contributed by atoms with Crippen LogP contribution in [0.4, 0.5) is 0 Å². The molecule has 7 heteroatoms. The molecule has 0 aromatic carbocycles. The zero-order valence-electron chi connectivity index (χ0n) is 13.5. The van der Waals surface area contributed by atoms with Crippen LogP contribution in [0.2, 0.25) is 5.15 Å². The number of thiazole rings is 1. The molecule has 5 nitrogen and oxygen atoms in total. The number of rotatable bonds is 4. The Kier molecular flexibility index (Phi) is 4.92. The minimum Gasteiger partial charge on any atom is -0.351 e. The third-order valence-corrected chi connectivity index (χ3v) is 4.67. The van der Waals surface area contributed by atoms with Gasteiger partial charge >= 0.3 is 0 Å². The second-order valence-corrected chi connectivity index (χ2v) is 7.56. The molecule has 0 aliphatic heterocycles. The summed E-state index contributed by atoms with van der Waals surface area (Å²) in [6.45, 7) is 8.72. The topological polar surface area (TPSA) is 59.8 Å². The normalized spacial score (nSPS) is 11.7. The van der Waals surface area contributed by atoms with E-state index in [-0.39, 0.29) is 11.3 Å². The van der Waals surface area contributed by atoms with Crippen LogP contribution in [0.15, 0.2) is 5.38 Å². The second-order valence-electron chi connectivity index (χ2n) is 6.26. The fraction of sp³-hybridized carbons (Fsp3) is 0.533. The summed E-state index contributed by atoms with van der Waals surface area (Å²) in [6.07, 6.45) is 0.712. The van der Waals surface area contributed by atoms with Crippen LogP contribution in [-0.2, 0) is 18.9 Å². The van der Waals surface area contributed by atoms with Gasteiger partial charge in [0.05, 0.1) is 22.0 Å². The van der Waals surface area contributed by atoms with E-state index in [4.69, 9.17) is 11.6 Å². The highest BCUT2D eigenvalue weighted by atomic mass is 35.5. The van der Waals surface area contributed by atoms with E-state index >= 15 is 0 Å². The van der Waals surface area contributed by atoms with Crippen LogP contribution >= 0.6 is 22.9 Å². The number of halogens is 1. The number of aromatic nitrogens is 3. The standard InChI is InChI=1S/C15H21ClN4OS/c1-9-12(13(16)20(5)19-9)14(21)17-7-6-11-18-10(8-22-11)15(2,3)4/h8H,6-7H2,1-5H3,(H,17,21). The Bertz CT molecular complexity index is 684. The van der Waals surface area contributed by atoms with Crippen molar-refractivity contribution in [3.05, 3.63) is 32.5 Å². The van der Waals surface area contributed by atoms with Gasteiger partial charge in [-0.05, 0) is 6.92 Å². The lowest BCUT2D eigenvalue weighted by molar-refractivity contribution is 0.0953.